The Balaban J connectivity index is 2.26. The van der Waals surface area contributed by atoms with Gasteiger partial charge in [0.05, 0.1) is 23.6 Å². The van der Waals surface area contributed by atoms with Gasteiger partial charge in [-0.3, -0.25) is 9.67 Å². The van der Waals surface area contributed by atoms with E-state index in [0.29, 0.717) is 5.69 Å². The molecule has 0 radical (unpaired) electrons. The molecule has 2 aromatic rings. The van der Waals surface area contributed by atoms with Crippen molar-refractivity contribution < 1.29 is 4.39 Å². The maximum absolute atomic E-state index is 12.8. The molecule has 1 atom stereocenters. The van der Waals surface area contributed by atoms with Gasteiger partial charge in [-0.15, -0.1) is 0 Å². The fraction of sp³-hybridized carbons (Fsp3) is 0.333. The van der Waals surface area contributed by atoms with Gasteiger partial charge in [0.2, 0.25) is 0 Å². The van der Waals surface area contributed by atoms with Crippen LogP contribution in [0.4, 0.5) is 4.39 Å². The second-order valence-corrected chi connectivity index (χ2v) is 3.86. The molecule has 0 aliphatic carbocycles. The number of aryl methyl sites for hydroxylation is 1. The molecule has 90 valence electrons. The van der Waals surface area contributed by atoms with E-state index in [2.05, 4.69) is 17.0 Å². The summed E-state index contributed by atoms with van der Waals surface area (Å²) >= 11 is 0. The molecule has 0 fully saturated rings. The van der Waals surface area contributed by atoms with Gasteiger partial charge >= 0.3 is 0 Å². The SMILES string of the molecule is CCCn1nccc1C(N)c1ccc(F)cn1. The summed E-state index contributed by atoms with van der Waals surface area (Å²) in [7, 11) is 0. The summed E-state index contributed by atoms with van der Waals surface area (Å²) in [4.78, 5) is 3.99. The minimum atomic E-state index is -0.371. The van der Waals surface area contributed by atoms with Gasteiger partial charge in [-0.25, -0.2) is 4.39 Å². The van der Waals surface area contributed by atoms with Gasteiger partial charge in [-0.1, -0.05) is 6.92 Å². The molecule has 0 aliphatic heterocycles. The monoisotopic (exact) mass is 234 g/mol. The van der Waals surface area contributed by atoms with Gasteiger partial charge in [0.15, 0.2) is 0 Å². The molecule has 0 aromatic carbocycles. The highest BCUT2D eigenvalue weighted by Crippen LogP contribution is 2.17. The molecule has 0 saturated carbocycles. The smallest absolute Gasteiger partial charge is 0.141 e. The van der Waals surface area contributed by atoms with Crippen molar-refractivity contribution in [3.8, 4) is 0 Å². The van der Waals surface area contributed by atoms with Gasteiger partial charge in [0.1, 0.15) is 5.82 Å². The Kier molecular flexibility index (Phi) is 3.49. The second-order valence-electron chi connectivity index (χ2n) is 3.86. The lowest BCUT2D eigenvalue weighted by Crippen LogP contribution is -2.18. The normalized spacial score (nSPS) is 12.6. The largest absolute Gasteiger partial charge is 0.318 e. The Hall–Kier alpha value is -1.75. The van der Waals surface area contributed by atoms with Crippen molar-refractivity contribution in [2.75, 3.05) is 0 Å². The summed E-state index contributed by atoms with van der Waals surface area (Å²) in [5.41, 5.74) is 7.63. The average Bonchev–Trinajstić information content (AvgIpc) is 2.78. The van der Waals surface area contributed by atoms with Crippen LogP contribution in [0.1, 0.15) is 30.8 Å². The first-order valence-corrected chi connectivity index (χ1v) is 5.61. The van der Waals surface area contributed by atoms with Crippen LogP contribution < -0.4 is 5.73 Å². The molecule has 2 N–H and O–H groups in total. The number of rotatable bonds is 4. The summed E-state index contributed by atoms with van der Waals surface area (Å²) in [6, 6.07) is 4.46. The maximum Gasteiger partial charge on any atom is 0.141 e. The third kappa shape index (κ3) is 2.50. The number of hydrogen-bond donors (Lipinski definition) is 1. The zero-order valence-electron chi connectivity index (χ0n) is 9.68. The van der Waals surface area contributed by atoms with E-state index in [1.807, 2.05) is 10.7 Å². The van der Waals surface area contributed by atoms with Crippen molar-refractivity contribution >= 4 is 0 Å². The topological polar surface area (TPSA) is 56.7 Å². The van der Waals surface area contributed by atoms with Crippen LogP contribution in [-0.4, -0.2) is 14.8 Å². The molecule has 0 amide bonds. The molecule has 1 unspecified atom stereocenters. The van der Waals surface area contributed by atoms with Crippen molar-refractivity contribution in [3.63, 3.8) is 0 Å². The summed E-state index contributed by atoms with van der Waals surface area (Å²) in [5, 5.41) is 4.20. The predicted molar refractivity (Wildman–Crippen MR) is 62.7 cm³/mol. The molecule has 0 aliphatic rings. The van der Waals surface area contributed by atoms with Crippen LogP contribution in [0.15, 0.2) is 30.6 Å². The molecule has 0 saturated heterocycles. The molecule has 2 aromatic heterocycles. The minimum Gasteiger partial charge on any atom is -0.318 e. The summed E-state index contributed by atoms with van der Waals surface area (Å²) in [6.45, 7) is 2.89. The van der Waals surface area contributed by atoms with Crippen molar-refractivity contribution in [1.82, 2.24) is 14.8 Å². The second kappa shape index (κ2) is 5.05. The zero-order chi connectivity index (χ0) is 12.3. The molecule has 2 heterocycles. The molecular formula is C12H15FN4. The van der Waals surface area contributed by atoms with E-state index in [-0.39, 0.29) is 11.9 Å². The standard InChI is InChI=1S/C12H15FN4/c1-2-7-17-11(5-6-16-17)12(14)10-4-3-9(13)8-15-10/h3-6,8,12H,2,7,14H2,1H3. The highest BCUT2D eigenvalue weighted by atomic mass is 19.1. The maximum atomic E-state index is 12.8. The predicted octanol–water partition coefficient (Wildman–Crippen LogP) is 1.88. The minimum absolute atomic E-state index is 0.358. The van der Waals surface area contributed by atoms with Crippen molar-refractivity contribution in [3.05, 3.63) is 47.8 Å². The van der Waals surface area contributed by atoms with Crippen LogP contribution in [0.3, 0.4) is 0 Å². The number of halogens is 1. The van der Waals surface area contributed by atoms with Crippen LogP contribution in [0.5, 0.6) is 0 Å². The van der Waals surface area contributed by atoms with E-state index < -0.39 is 0 Å². The Labute approximate surface area is 99.3 Å². The number of nitrogens with zero attached hydrogens (tertiary/aromatic N) is 3. The molecular weight excluding hydrogens is 219 g/mol. The van der Waals surface area contributed by atoms with Crippen LogP contribution in [0.2, 0.25) is 0 Å². The fourth-order valence-corrected chi connectivity index (χ4v) is 1.73. The molecule has 0 bridgehead atoms. The Morgan fingerprint density at radius 2 is 2.24 bits per heavy atom. The third-order valence-corrected chi connectivity index (χ3v) is 2.57. The number of pyridine rings is 1. The van der Waals surface area contributed by atoms with Gasteiger partial charge in [0, 0.05) is 12.7 Å². The molecule has 4 nitrogen and oxygen atoms in total. The fourth-order valence-electron chi connectivity index (χ4n) is 1.73. The van der Waals surface area contributed by atoms with Crippen molar-refractivity contribution in [2.24, 2.45) is 5.73 Å². The average molecular weight is 234 g/mol. The van der Waals surface area contributed by atoms with Crippen LogP contribution in [-0.2, 0) is 6.54 Å². The lowest BCUT2D eigenvalue weighted by molar-refractivity contribution is 0.555. The lowest BCUT2D eigenvalue weighted by atomic mass is 10.1. The first-order chi connectivity index (χ1) is 8.22. The Bertz CT molecular complexity index is 478. The lowest BCUT2D eigenvalue weighted by Gasteiger charge is -2.13. The summed E-state index contributed by atoms with van der Waals surface area (Å²) in [6.07, 6.45) is 3.88. The van der Waals surface area contributed by atoms with Crippen LogP contribution in [0, 0.1) is 5.82 Å². The van der Waals surface area contributed by atoms with E-state index in [1.54, 1.807) is 12.3 Å². The van der Waals surface area contributed by atoms with Gasteiger partial charge in [0.25, 0.3) is 0 Å². The summed E-state index contributed by atoms with van der Waals surface area (Å²) < 4.78 is 14.6. The van der Waals surface area contributed by atoms with E-state index in [0.717, 1.165) is 18.7 Å². The third-order valence-electron chi connectivity index (χ3n) is 2.57. The van der Waals surface area contributed by atoms with Gasteiger partial charge in [-0.2, -0.15) is 5.10 Å². The first-order valence-electron chi connectivity index (χ1n) is 5.61. The van der Waals surface area contributed by atoms with Crippen LogP contribution in [0.25, 0.3) is 0 Å². The molecule has 0 spiro atoms. The molecule has 2 rings (SSSR count). The highest BCUT2D eigenvalue weighted by molar-refractivity contribution is 5.21. The van der Waals surface area contributed by atoms with Gasteiger partial charge < -0.3 is 5.73 Å². The highest BCUT2D eigenvalue weighted by Gasteiger charge is 2.14. The van der Waals surface area contributed by atoms with Crippen LogP contribution >= 0.6 is 0 Å². The molecule has 17 heavy (non-hydrogen) atoms. The van der Waals surface area contributed by atoms with Gasteiger partial charge in [-0.05, 0) is 24.6 Å². The van der Waals surface area contributed by atoms with E-state index in [1.165, 1.54) is 12.3 Å². The molecule has 5 heteroatoms. The number of aromatic nitrogens is 3. The number of hydrogen-bond acceptors (Lipinski definition) is 3. The zero-order valence-corrected chi connectivity index (χ0v) is 9.68. The quantitative estimate of drug-likeness (QED) is 0.878. The summed E-state index contributed by atoms with van der Waals surface area (Å²) in [5.74, 6) is -0.358. The van der Waals surface area contributed by atoms with E-state index in [4.69, 9.17) is 5.73 Å². The first kappa shape index (κ1) is 11.7. The Morgan fingerprint density at radius 3 is 2.88 bits per heavy atom. The van der Waals surface area contributed by atoms with E-state index in [9.17, 15) is 4.39 Å². The van der Waals surface area contributed by atoms with Crippen molar-refractivity contribution in [1.29, 1.82) is 0 Å². The number of nitrogens with two attached hydrogens (primary N) is 1. The van der Waals surface area contributed by atoms with E-state index >= 15 is 0 Å². The van der Waals surface area contributed by atoms with Crippen molar-refractivity contribution in [2.45, 2.75) is 25.9 Å². The Morgan fingerprint density at radius 1 is 1.41 bits per heavy atom.